The third-order valence-electron chi connectivity index (χ3n) is 2.65. The summed E-state index contributed by atoms with van der Waals surface area (Å²) in [6.07, 6.45) is 2.61. The summed E-state index contributed by atoms with van der Waals surface area (Å²) in [5, 5.41) is 3.15. The fourth-order valence-electron chi connectivity index (χ4n) is 1.73. The number of nitrogens with one attached hydrogen (secondary N) is 1. The molecule has 2 heterocycles. The number of nitrogens with zero attached hydrogens (tertiary/aromatic N) is 1. The van der Waals surface area contributed by atoms with Crippen molar-refractivity contribution in [1.29, 1.82) is 0 Å². The van der Waals surface area contributed by atoms with Gasteiger partial charge in [0.2, 0.25) is 5.95 Å². The van der Waals surface area contributed by atoms with Crippen molar-refractivity contribution in [3.05, 3.63) is 24.3 Å². The van der Waals surface area contributed by atoms with Gasteiger partial charge in [0.05, 0.1) is 23.4 Å². The van der Waals surface area contributed by atoms with Gasteiger partial charge in [0.25, 0.3) is 0 Å². The highest BCUT2D eigenvalue weighted by molar-refractivity contribution is 7.91. The summed E-state index contributed by atoms with van der Waals surface area (Å²) in [6.45, 7) is 0. The van der Waals surface area contributed by atoms with Crippen molar-refractivity contribution in [1.82, 2.24) is 4.98 Å². The first kappa shape index (κ1) is 11.3. The number of hydrogen-bond acceptors (Lipinski definition) is 4. The zero-order chi connectivity index (χ0) is 11.6. The normalized spacial score (nSPS) is 20.6. The molecule has 0 unspecified atom stereocenters. The van der Waals surface area contributed by atoms with Gasteiger partial charge in [-0.05, 0) is 25.0 Å². The summed E-state index contributed by atoms with van der Waals surface area (Å²) in [5.74, 6) is -0.0738. The van der Waals surface area contributed by atoms with E-state index in [-0.39, 0.29) is 17.5 Å². The minimum Gasteiger partial charge on any atom is -0.381 e. The highest BCUT2D eigenvalue weighted by Crippen LogP contribution is 2.17. The maximum Gasteiger partial charge on any atom is 0.212 e. The van der Waals surface area contributed by atoms with Gasteiger partial charge >= 0.3 is 0 Å². The molecule has 0 amide bonds. The van der Waals surface area contributed by atoms with Crippen LogP contribution in [0.5, 0.6) is 0 Å². The molecule has 0 aliphatic carbocycles. The molecule has 0 saturated carbocycles. The van der Waals surface area contributed by atoms with Gasteiger partial charge in [0, 0.05) is 6.04 Å². The number of sulfone groups is 1. The van der Waals surface area contributed by atoms with Crippen LogP contribution in [0.25, 0.3) is 0 Å². The minimum absolute atomic E-state index is 0.135. The van der Waals surface area contributed by atoms with Gasteiger partial charge in [-0.25, -0.2) is 13.4 Å². The quantitative estimate of drug-likeness (QED) is 0.794. The Morgan fingerprint density at radius 1 is 1.31 bits per heavy atom. The van der Waals surface area contributed by atoms with E-state index in [1.807, 2.05) is 0 Å². The third-order valence-corrected chi connectivity index (χ3v) is 4.37. The Balaban J connectivity index is 1.94. The Kier molecular flexibility index (Phi) is 3.09. The standard InChI is InChI=1S/C10H13FN2O2S/c11-10-2-1-9(7-12-10)13-8-3-5-16(14,15)6-4-8/h1-2,7-8,13H,3-6H2. The molecule has 1 fully saturated rings. The lowest BCUT2D eigenvalue weighted by Crippen LogP contribution is -2.32. The van der Waals surface area contributed by atoms with Gasteiger partial charge in [0.1, 0.15) is 9.84 Å². The second-order valence-electron chi connectivity index (χ2n) is 3.94. The van der Waals surface area contributed by atoms with Crippen LogP contribution >= 0.6 is 0 Å². The predicted molar refractivity (Wildman–Crippen MR) is 59.5 cm³/mol. The molecule has 16 heavy (non-hydrogen) atoms. The van der Waals surface area contributed by atoms with E-state index in [0.717, 1.165) is 5.69 Å². The van der Waals surface area contributed by atoms with E-state index >= 15 is 0 Å². The second-order valence-corrected chi connectivity index (χ2v) is 6.24. The zero-order valence-electron chi connectivity index (χ0n) is 8.69. The first-order chi connectivity index (χ1) is 7.55. The Morgan fingerprint density at radius 3 is 2.56 bits per heavy atom. The van der Waals surface area contributed by atoms with E-state index < -0.39 is 15.8 Å². The van der Waals surface area contributed by atoms with Crippen molar-refractivity contribution in [3.63, 3.8) is 0 Å². The van der Waals surface area contributed by atoms with E-state index in [1.54, 1.807) is 6.07 Å². The molecule has 1 aromatic rings. The summed E-state index contributed by atoms with van der Waals surface area (Å²) in [5.41, 5.74) is 0.727. The maximum absolute atomic E-state index is 12.5. The molecule has 1 aliphatic rings. The van der Waals surface area contributed by atoms with Crippen LogP contribution in [0.2, 0.25) is 0 Å². The number of aromatic nitrogens is 1. The molecular formula is C10H13FN2O2S. The van der Waals surface area contributed by atoms with Crippen LogP contribution < -0.4 is 5.32 Å². The molecule has 0 radical (unpaired) electrons. The molecular weight excluding hydrogens is 231 g/mol. The molecule has 0 spiro atoms. The number of rotatable bonds is 2. The fourth-order valence-corrected chi connectivity index (χ4v) is 3.22. The highest BCUT2D eigenvalue weighted by atomic mass is 32.2. The predicted octanol–water partition coefficient (Wildman–Crippen LogP) is 1.21. The molecule has 88 valence electrons. The molecule has 2 rings (SSSR count). The van der Waals surface area contributed by atoms with Gasteiger partial charge in [-0.15, -0.1) is 0 Å². The van der Waals surface area contributed by atoms with Gasteiger partial charge in [-0.2, -0.15) is 4.39 Å². The minimum atomic E-state index is -2.83. The van der Waals surface area contributed by atoms with Crippen LogP contribution in [0.3, 0.4) is 0 Å². The topological polar surface area (TPSA) is 59.1 Å². The zero-order valence-corrected chi connectivity index (χ0v) is 9.50. The van der Waals surface area contributed by atoms with Crippen LogP contribution in [-0.2, 0) is 9.84 Å². The number of hydrogen-bond donors (Lipinski definition) is 1. The lowest BCUT2D eigenvalue weighted by Gasteiger charge is -2.23. The Hall–Kier alpha value is -1.17. The average molecular weight is 244 g/mol. The SMILES string of the molecule is O=S1(=O)CCC(Nc2ccc(F)nc2)CC1. The van der Waals surface area contributed by atoms with E-state index in [9.17, 15) is 12.8 Å². The summed E-state index contributed by atoms with van der Waals surface area (Å²) in [6, 6.07) is 3.02. The number of halogens is 1. The molecule has 1 N–H and O–H groups in total. The summed E-state index contributed by atoms with van der Waals surface area (Å²) < 4.78 is 35.0. The van der Waals surface area contributed by atoms with E-state index in [0.29, 0.717) is 12.8 Å². The first-order valence-corrected chi connectivity index (χ1v) is 6.96. The number of anilines is 1. The number of pyridine rings is 1. The third kappa shape index (κ3) is 2.91. The molecule has 1 aliphatic heterocycles. The monoisotopic (exact) mass is 244 g/mol. The largest absolute Gasteiger partial charge is 0.381 e. The van der Waals surface area contributed by atoms with Crippen molar-refractivity contribution < 1.29 is 12.8 Å². The first-order valence-electron chi connectivity index (χ1n) is 5.14. The molecule has 0 atom stereocenters. The van der Waals surface area contributed by atoms with Crippen molar-refractivity contribution >= 4 is 15.5 Å². The van der Waals surface area contributed by atoms with Crippen molar-refractivity contribution in [2.24, 2.45) is 0 Å². The van der Waals surface area contributed by atoms with Gasteiger partial charge < -0.3 is 5.32 Å². The molecule has 4 nitrogen and oxygen atoms in total. The Morgan fingerprint density at radius 2 is 2.00 bits per heavy atom. The van der Waals surface area contributed by atoms with Crippen LogP contribution in [0.4, 0.5) is 10.1 Å². The maximum atomic E-state index is 12.5. The second kappa shape index (κ2) is 4.37. The molecule has 1 aromatic heterocycles. The van der Waals surface area contributed by atoms with Crippen LogP contribution in [-0.4, -0.2) is 30.9 Å². The van der Waals surface area contributed by atoms with Crippen molar-refractivity contribution in [2.45, 2.75) is 18.9 Å². The van der Waals surface area contributed by atoms with Gasteiger partial charge in [-0.3, -0.25) is 0 Å². The summed E-state index contributed by atoms with van der Waals surface area (Å²) in [4.78, 5) is 3.53. The van der Waals surface area contributed by atoms with Crippen molar-refractivity contribution in [3.8, 4) is 0 Å². The smallest absolute Gasteiger partial charge is 0.212 e. The fraction of sp³-hybridized carbons (Fsp3) is 0.500. The molecule has 0 bridgehead atoms. The van der Waals surface area contributed by atoms with E-state index in [2.05, 4.69) is 10.3 Å². The van der Waals surface area contributed by atoms with E-state index in [4.69, 9.17) is 0 Å². The molecule has 0 aromatic carbocycles. The van der Waals surface area contributed by atoms with Crippen molar-refractivity contribution in [2.75, 3.05) is 16.8 Å². The van der Waals surface area contributed by atoms with Crippen LogP contribution in [0.15, 0.2) is 18.3 Å². The lowest BCUT2D eigenvalue weighted by molar-refractivity contribution is 0.559. The van der Waals surface area contributed by atoms with E-state index in [1.165, 1.54) is 12.3 Å². The average Bonchev–Trinajstić information content (AvgIpc) is 2.24. The lowest BCUT2D eigenvalue weighted by atomic mass is 10.1. The van der Waals surface area contributed by atoms with Gasteiger partial charge in [-0.1, -0.05) is 0 Å². The molecule has 1 saturated heterocycles. The van der Waals surface area contributed by atoms with Gasteiger partial charge in [0.15, 0.2) is 0 Å². The summed E-state index contributed by atoms with van der Waals surface area (Å²) in [7, 11) is -2.83. The van der Waals surface area contributed by atoms with Crippen LogP contribution in [0, 0.1) is 5.95 Å². The highest BCUT2D eigenvalue weighted by Gasteiger charge is 2.23. The van der Waals surface area contributed by atoms with Crippen LogP contribution in [0.1, 0.15) is 12.8 Å². The molecule has 6 heteroatoms. The Bertz CT molecular complexity index is 444. The Labute approximate surface area is 93.8 Å². The summed E-state index contributed by atoms with van der Waals surface area (Å²) >= 11 is 0.